The number of carbonyl (C=O) groups is 1. The molecule has 1 atom stereocenters. The number of ether oxygens (including phenoxy) is 1. The molecule has 0 fully saturated rings. The van der Waals surface area contributed by atoms with Gasteiger partial charge in [-0.15, -0.1) is 11.8 Å². The van der Waals surface area contributed by atoms with Gasteiger partial charge >= 0.3 is 5.97 Å². The van der Waals surface area contributed by atoms with Crippen LogP contribution in [0, 0.1) is 0 Å². The number of thioether (sulfide) groups is 1. The summed E-state index contributed by atoms with van der Waals surface area (Å²) in [4.78, 5) is 12.2. The molecule has 3 nitrogen and oxygen atoms in total. The van der Waals surface area contributed by atoms with E-state index in [2.05, 4.69) is 0 Å². The molecule has 0 aliphatic rings. The molecule has 1 N–H and O–H groups in total. The molecule has 0 saturated heterocycles. The third-order valence-electron chi connectivity index (χ3n) is 2.46. The molecule has 0 aliphatic heterocycles. The van der Waals surface area contributed by atoms with E-state index in [0.717, 1.165) is 4.90 Å². The van der Waals surface area contributed by atoms with Crippen LogP contribution in [-0.2, 0) is 15.1 Å². The summed E-state index contributed by atoms with van der Waals surface area (Å²) in [6, 6.07) is 7.34. The first-order chi connectivity index (χ1) is 7.04. The van der Waals surface area contributed by atoms with Crippen LogP contribution in [0.15, 0.2) is 29.2 Å². The zero-order valence-corrected chi connectivity index (χ0v) is 9.80. The molecule has 15 heavy (non-hydrogen) atoms. The standard InChI is InChI=1S/C11H14O3S/c1-11(14-2,10(12)13)8-4-6-9(15-3)7-5-8/h4-7H,1-3H3,(H,12,13). The maximum atomic E-state index is 11.1. The largest absolute Gasteiger partial charge is 0.479 e. The lowest BCUT2D eigenvalue weighted by atomic mass is 9.96. The number of aliphatic carboxylic acids is 1. The molecule has 0 aliphatic carbocycles. The Morgan fingerprint density at radius 3 is 2.27 bits per heavy atom. The molecular formula is C11H14O3S. The monoisotopic (exact) mass is 226 g/mol. The molecule has 0 aromatic heterocycles. The number of methoxy groups -OCH3 is 1. The Morgan fingerprint density at radius 2 is 1.93 bits per heavy atom. The Bertz CT molecular complexity index is 347. The van der Waals surface area contributed by atoms with Gasteiger partial charge < -0.3 is 9.84 Å². The maximum Gasteiger partial charge on any atom is 0.340 e. The fraction of sp³-hybridized carbons (Fsp3) is 0.364. The van der Waals surface area contributed by atoms with E-state index >= 15 is 0 Å². The first-order valence-electron chi connectivity index (χ1n) is 4.47. The molecule has 1 aromatic rings. The summed E-state index contributed by atoms with van der Waals surface area (Å²) < 4.78 is 5.05. The van der Waals surface area contributed by atoms with Crippen molar-refractivity contribution in [2.75, 3.05) is 13.4 Å². The van der Waals surface area contributed by atoms with Crippen molar-refractivity contribution in [3.8, 4) is 0 Å². The highest BCUT2D eigenvalue weighted by atomic mass is 32.2. The van der Waals surface area contributed by atoms with E-state index in [1.54, 1.807) is 30.8 Å². The van der Waals surface area contributed by atoms with Gasteiger partial charge in [-0.25, -0.2) is 4.79 Å². The summed E-state index contributed by atoms with van der Waals surface area (Å²) in [6.07, 6.45) is 1.97. The summed E-state index contributed by atoms with van der Waals surface area (Å²) in [5.74, 6) is -0.984. The zero-order valence-electron chi connectivity index (χ0n) is 8.98. The molecule has 82 valence electrons. The van der Waals surface area contributed by atoms with Gasteiger partial charge in [0.05, 0.1) is 0 Å². The van der Waals surface area contributed by atoms with Crippen molar-refractivity contribution in [1.29, 1.82) is 0 Å². The van der Waals surface area contributed by atoms with Crippen LogP contribution in [0.2, 0.25) is 0 Å². The van der Waals surface area contributed by atoms with Gasteiger partial charge in [-0.1, -0.05) is 12.1 Å². The van der Waals surface area contributed by atoms with E-state index in [0.29, 0.717) is 5.56 Å². The van der Waals surface area contributed by atoms with Crippen LogP contribution in [-0.4, -0.2) is 24.4 Å². The molecule has 0 radical (unpaired) electrons. The minimum Gasteiger partial charge on any atom is -0.479 e. The molecule has 4 heteroatoms. The van der Waals surface area contributed by atoms with Gasteiger partial charge in [-0.2, -0.15) is 0 Å². The van der Waals surface area contributed by atoms with E-state index in [1.165, 1.54) is 7.11 Å². The van der Waals surface area contributed by atoms with Crippen molar-refractivity contribution < 1.29 is 14.6 Å². The third kappa shape index (κ3) is 2.33. The van der Waals surface area contributed by atoms with E-state index < -0.39 is 11.6 Å². The number of carboxylic acid groups (broad SMARTS) is 1. The minimum atomic E-state index is -1.27. The fourth-order valence-corrected chi connectivity index (χ4v) is 1.65. The van der Waals surface area contributed by atoms with E-state index in [4.69, 9.17) is 9.84 Å². The number of benzene rings is 1. The van der Waals surface area contributed by atoms with Gasteiger partial charge in [0, 0.05) is 12.0 Å². The number of hydrogen-bond donors (Lipinski definition) is 1. The second-order valence-corrected chi connectivity index (χ2v) is 4.15. The molecule has 0 amide bonds. The molecule has 1 rings (SSSR count). The normalized spacial score (nSPS) is 14.6. The van der Waals surface area contributed by atoms with Crippen LogP contribution in [0.25, 0.3) is 0 Å². The number of hydrogen-bond acceptors (Lipinski definition) is 3. The quantitative estimate of drug-likeness (QED) is 0.800. The Kier molecular flexibility index (Phi) is 3.77. The summed E-state index contributed by atoms with van der Waals surface area (Å²) in [6.45, 7) is 1.55. The van der Waals surface area contributed by atoms with Gasteiger partial charge in [-0.05, 0) is 30.9 Å². The molecule has 1 aromatic carbocycles. The first kappa shape index (κ1) is 12.1. The second-order valence-electron chi connectivity index (χ2n) is 3.27. The van der Waals surface area contributed by atoms with Crippen molar-refractivity contribution in [2.45, 2.75) is 17.4 Å². The first-order valence-corrected chi connectivity index (χ1v) is 5.70. The Hall–Kier alpha value is -1.00. The highest BCUT2D eigenvalue weighted by Gasteiger charge is 2.34. The van der Waals surface area contributed by atoms with E-state index in [-0.39, 0.29) is 0 Å². The Morgan fingerprint density at radius 1 is 1.40 bits per heavy atom. The van der Waals surface area contributed by atoms with Crippen LogP contribution in [0.5, 0.6) is 0 Å². The SMILES string of the molecule is COC(C)(C(=O)O)c1ccc(SC)cc1. The van der Waals surface area contributed by atoms with Gasteiger partial charge in [-0.3, -0.25) is 0 Å². The van der Waals surface area contributed by atoms with Crippen molar-refractivity contribution in [2.24, 2.45) is 0 Å². The number of carboxylic acids is 1. The molecule has 0 heterocycles. The van der Waals surface area contributed by atoms with Gasteiger partial charge in [0.2, 0.25) is 0 Å². The van der Waals surface area contributed by atoms with E-state index in [1.807, 2.05) is 18.4 Å². The van der Waals surface area contributed by atoms with Gasteiger partial charge in [0.25, 0.3) is 0 Å². The van der Waals surface area contributed by atoms with Crippen molar-refractivity contribution >= 4 is 17.7 Å². The number of rotatable bonds is 4. The third-order valence-corrected chi connectivity index (χ3v) is 3.20. The summed E-state index contributed by atoms with van der Waals surface area (Å²) >= 11 is 1.62. The van der Waals surface area contributed by atoms with Crippen LogP contribution in [0.3, 0.4) is 0 Å². The smallest absolute Gasteiger partial charge is 0.340 e. The van der Waals surface area contributed by atoms with Crippen molar-refractivity contribution in [3.05, 3.63) is 29.8 Å². The second kappa shape index (κ2) is 4.68. The topological polar surface area (TPSA) is 46.5 Å². The van der Waals surface area contributed by atoms with Crippen molar-refractivity contribution in [3.63, 3.8) is 0 Å². The predicted molar refractivity (Wildman–Crippen MR) is 60.2 cm³/mol. The average molecular weight is 226 g/mol. The van der Waals surface area contributed by atoms with Gasteiger partial charge in [0.1, 0.15) is 0 Å². The predicted octanol–water partition coefficient (Wildman–Crippen LogP) is 2.35. The lowest BCUT2D eigenvalue weighted by molar-refractivity contribution is -0.161. The lowest BCUT2D eigenvalue weighted by Crippen LogP contribution is -2.34. The lowest BCUT2D eigenvalue weighted by Gasteiger charge is -2.23. The molecular weight excluding hydrogens is 212 g/mol. The highest BCUT2D eigenvalue weighted by Crippen LogP contribution is 2.26. The van der Waals surface area contributed by atoms with Crippen LogP contribution < -0.4 is 0 Å². The molecule has 0 saturated carbocycles. The Labute approximate surface area is 93.4 Å². The maximum absolute atomic E-state index is 11.1. The molecule has 0 bridgehead atoms. The summed E-state index contributed by atoms with van der Waals surface area (Å²) in [5, 5.41) is 9.08. The summed E-state index contributed by atoms with van der Waals surface area (Å²) in [5.41, 5.74) is -0.619. The average Bonchev–Trinajstić information content (AvgIpc) is 2.28. The van der Waals surface area contributed by atoms with E-state index in [9.17, 15) is 4.79 Å². The summed E-state index contributed by atoms with van der Waals surface area (Å²) in [7, 11) is 1.40. The molecule has 1 unspecified atom stereocenters. The van der Waals surface area contributed by atoms with Gasteiger partial charge in [0.15, 0.2) is 5.60 Å². The molecule has 0 spiro atoms. The van der Waals surface area contributed by atoms with Crippen LogP contribution in [0.4, 0.5) is 0 Å². The minimum absolute atomic E-state index is 0.648. The van der Waals surface area contributed by atoms with Crippen molar-refractivity contribution in [1.82, 2.24) is 0 Å². The Balaban J connectivity index is 3.08. The van der Waals surface area contributed by atoms with Crippen LogP contribution >= 0.6 is 11.8 Å². The fourth-order valence-electron chi connectivity index (χ4n) is 1.24. The van der Waals surface area contributed by atoms with Crippen LogP contribution in [0.1, 0.15) is 12.5 Å². The highest BCUT2D eigenvalue weighted by molar-refractivity contribution is 7.98. The zero-order chi connectivity index (χ0) is 11.5.